The zero-order valence-corrected chi connectivity index (χ0v) is 15.8. The van der Waals surface area contributed by atoms with Crippen molar-refractivity contribution in [2.24, 2.45) is 10.9 Å². The molecule has 5 nitrogen and oxygen atoms in total. The molecule has 0 unspecified atom stereocenters. The number of thiocarbonyl (C=S) groups is 1. The maximum Gasteiger partial charge on any atom is 0.251 e. The summed E-state index contributed by atoms with van der Waals surface area (Å²) in [5, 5.41) is 3.10. The number of carbonyl (C=O) groups excluding carboxylic acids is 2. The van der Waals surface area contributed by atoms with Gasteiger partial charge in [0.05, 0.1) is 11.4 Å². The first-order valence-corrected chi connectivity index (χ1v) is 8.78. The second kappa shape index (κ2) is 7.43. The summed E-state index contributed by atoms with van der Waals surface area (Å²) < 4.78 is 0.852. The largest absolute Gasteiger partial charge is 0.301 e. The van der Waals surface area contributed by atoms with Gasteiger partial charge in [0.25, 0.3) is 5.91 Å². The summed E-state index contributed by atoms with van der Waals surface area (Å²) >= 11 is 14.4. The Morgan fingerprint density at radius 1 is 1.20 bits per heavy atom. The first-order chi connectivity index (χ1) is 12.0. The molecule has 3 rings (SSSR count). The van der Waals surface area contributed by atoms with E-state index in [1.165, 1.54) is 11.1 Å². The molecule has 1 N–H and O–H groups in total. The summed E-state index contributed by atoms with van der Waals surface area (Å²) in [5.74, 6) is -2.03. The number of carbonyl (C=O) groups is 2. The van der Waals surface area contributed by atoms with Crippen molar-refractivity contribution in [3.05, 3.63) is 58.0 Å². The van der Waals surface area contributed by atoms with E-state index in [2.05, 4.69) is 26.2 Å². The number of aliphatic imine (C=N–C) groups is 1. The molecule has 8 heteroatoms. The molecular weight excluding hydrogens is 426 g/mol. The highest BCUT2D eigenvalue weighted by atomic mass is 79.9. The summed E-state index contributed by atoms with van der Waals surface area (Å²) in [6.45, 7) is 0. The minimum absolute atomic E-state index is 0.0319. The fourth-order valence-corrected chi connectivity index (χ4v) is 3.08. The van der Waals surface area contributed by atoms with Crippen LogP contribution in [0.2, 0.25) is 5.02 Å². The lowest BCUT2D eigenvalue weighted by Crippen LogP contribution is -2.58. The molecule has 0 spiro atoms. The lowest BCUT2D eigenvalue weighted by molar-refractivity contribution is -0.130. The van der Waals surface area contributed by atoms with Crippen molar-refractivity contribution >= 4 is 74.3 Å². The number of benzene rings is 2. The molecule has 1 saturated heterocycles. The van der Waals surface area contributed by atoms with Gasteiger partial charge in [0.15, 0.2) is 11.0 Å². The summed E-state index contributed by atoms with van der Waals surface area (Å²) in [7, 11) is 0. The van der Waals surface area contributed by atoms with Crippen LogP contribution in [-0.2, 0) is 9.59 Å². The maximum absolute atomic E-state index is 12.8. The molecule has 0 radical (unpaired) electrons. The fourth-order valence-electron chi connectivity index (χ4n) is 2.27. The molecule has 1 aliphatic rings. The van der Waals surface area contributed by atoms with Crippen LogP contribution in [0.3, 0.4) is 0 Å². The Balaban J connectivity index is 1.89. The van der Waals surface area contributed by atoms with Gasteiger partial charge in [0.1, 0.15) is 0 Å². The second-order valence-corrected chi connectivity index (χ2v) is 6.92. The third-order valence-corrected chi connectivity index (χ3v) is 4.50. The normalized spacial score (nSPS) is 17.9. The lowest BCUT2D eigenvalue weighted by Gasteiger charge is -2.30. The van der Waals surface area contributed by atoms with E-state index < -0.39 is 17.7 Å². The SMILES string of the molecule is O=C1NC(=S)N(c2ccc(Cl)cc2)C(=O)[C@@H]1C=Nc1cccc(Br)c1. The Hall–Kier alpha value is -2.09. The van der Waals surface area contributed by atoms with Crippen LogP contribution >= 0.6 is 39.7 Å². The van der Waals surface area contributed by atoms with Gasteiger partial charge in [0, 0.05) is 15.7 Å². The Kier molecular flexibility index (Phi) is 5.27. The number of nitrogens with zero attached hydrogens (tertiary/aromatic N) is 2. The molecule has 0 aliphatic carbocycles. The zero-order valence-electron chi connectivity index (χ0n) is 12.6. The average Bonchev–Trinajstić information content (AvgIpc) is 2.56. The molecule has 126 valence electrons. The molecule has 0 aromatic heterocycles. The Labute approximate surface area is 162 Å². The van der Waals surface area contributed by atoms with Crippen molar-refractivity contribution in [3.8, 4) is 0 Å². The minimum atomic E-state index is -1.07. The van der Waals surface area contributed by atoms with E-state index in [-0.39, 0.29) is 5.11 Å². The van der Waals surface area contributed by atoms with Gasteiger partial charge < -0.3 is 5.32 Å². The molecule has 1 heterocycles. The van der Waals surface area contributed by atoms with Gasteiger partial charge in [-0.05, 0) is 54.7 Å². The van der Waals surface area contributed by atoms with E-state index in [0.29, 0.717) is 16.4 Å². The number of anilines is 1. The monoisotopic (exact) mass is 435 g/mol. The smallest absolute Gasteiger partial charge is 0.251 e. The van der Waals surface area contributed by atoms with Gasteiger partial charge in [-0.2, -0.15) is 0 Å². The quantitative estimate of drug-likeness (QED) is 0.451. The van der Waals surface area contributed by atoms with Crippen molar-refractivity contribution in [2.75, 3.05) is 4.90 Å². The van der Waals surface area contributed by atoms with Crippen LogP contribution in [0.1, 0.15) is 0 Å². The van der Waals surface area contributed by atoms with Crippen molar-refractivity contribution < 1.29 is 9.59 Å². The van der Waals surface area contributed by atoms with Crippen molar-refractivity contribution in [3.63, 3.8) is 0 Å². The van der Waals surface area contributed by atoms with E-state index in [1.807, 2.05) is 12.1 Å². The Morgan fingerprint density at radius 2 is 1.92 bits per heavy atom. The standard InChI is InChI=1S/C17H11BrClN3O2S/c18-10-2-1-3-12(8-10)20-9-14-15(23)21-17(25)22(16(14)24)13-6-4-11(19)5-7-13/h1-9,14H,(H,21,23,25)/t14-/m1/s1. The van der Waals surface area contributed by atoms with Gasteiger partial charge in [-0.25, -0.2) is 0 Å². The molecule has 25 heavy (non-hydrogen) atoms. The molecule has 0 bridgehead atoms. The molecule has 2 aromatic rings. The van der Waals surface area contributed by atoms with Gasteiger partial charge in [-0.15, -0.1) is 0 Å². The van der Waals surface area contributed by atoms with E-state index in [1.54, 1.807) is 36.4 Å². The molecule has 1 atom stereocenters. The zero-order chi connectivity index (χ0) is 18.0. The number of hydrogen-bond acceptors (Lipinski definition) is 4. The van der Waals surface area contributed by atoms with Crippen LogP contribution in [0.25, 0.3) is 0 Å². The second-order valence-electron chi connectivity index (χ2n) is 5.18. The van der Waals surface area contributed by atoms with Crippen LogP contribution in [0.5, 0.6) is 0 Å². The fraction of sp³-hybridized carbons (Fsp3) is 0.0588. The highest BCUT2D eigenvalue weighted by Crippen LogP contribution is 2.23. The van der Waals surface area contributed by atoms with E-state index in [4.69, 9.17) is 23.8 Å². The Bertz CT molecular complexity index is 886. The van der Waals surface area contributed by atoms with Crippen molar-refractivity contribution in [1.29, 1.82) is 0 Å². The van der Waals surface area contributed by atoms with Crippen LogP contribution in [0.4, 0.5) is 11.4 Å². The molecule has 2 amide bonds. The number of hydrogen-bond donors (Lipinski definition) is 1. The predicted octanol–water partition coefficient (Wildman–Crippen LogP) is 3.87. The molecule has 2 aromatic carbocycles. The first-order valence-electron chi connectivity index (χ1n) is 7.20. The van der Waals surface area contributed by atoms with Gasteiger partial charge in [-0.3, -0.25) is 19.5 Å². The average molecular weight is 437 g/mol. The van der Waals surface area contributed by atoms with E-state index in [9.17, 15) is 9.59 Å². The van der Waals surface area contributed by atoms with Crippen molar-refractivity contribution in [2.45, 2.75) is 0 Å². The molecule has 0 saturated carbocycles. The van der Waals surface area contributed by atoms with Crippen LogP contribution in [0.15, 0.2) is 58.0 Å². The van der Waals surface area contributed by atoms with E-state index >= 15 is 0 Å². The van der Waals surface area contributed by atoms with Crippen LogP contribution in [-0.4, -0.2) is 23.1 Å². The third kappa shape index (κ3) is 3.95. The van der Waals surface area contributed by atoms with Crippen LogP contribution < -0.4 is 10.2 Å². The minimum Gasteiger partial charge on any atom is -0.301 e. The highest BCUT2D eigenvalue weighted by Gasteiger charge is 2.38. The number of nitrogens with one attached hydrogen (secondary N) is 1. The topological polar surface area (TPSA) is 61.8 Å². The van der Waals surface area contributed by atoms with Crippen LogP contribution in [0, 0.1) is 5.92 Å². The number of rotatable bonds is 3. The number of halogens is 2. The van der Waals surface area contributed by atoms with Gasteiger partial charge in [-0.1, -0.05) is 33.6 Å². The summed E-state index contributed by atoms with van der Waals surface area (Å²) in [6, 6.07) is 13.8. The van der Waals surface area contributed by atoms with Gasteiger partial charge >= 0.3 is 0 Å². The maximum atomic E-state index is 12.8. The molecule has 1 fully saturated rings. The van der Waals surface area contributed by atoms with Gasteiger partial charge in [0.2, 0.25) is 5.91 Å². The molecule has 1 aliphatic heterocycles. The first kappa shape index (κ1) is 17.7. The predicted molar refractivity (Wildman–Crippen MR) is 105 cm³/mol. The summed E-state index contributed by atoms with van der Waals surface area (Å²) in [6.07, 6.45) is 1.32. The molecular formula is C17H11BrClN3O2S. The van der Waals surface area contributed by atoms with Crippen molar-refractivity contribution in [1.82, 2.24) is 5.32 Å². The lowest BCUT2D eigenvalue weighted by atomic mass is 10.1. The number of amides is 2. The summed E-state index contributed by atoms with van der Waals surface area (Å²) in [5.41, 5.74) is 1.15. The Morgan fingerprint density at radius 3 is 2.60 bits per heavy atom. The highest BCUT2D eigenvalue weighted by molar-refractivity contribution is 9.10. The summed E-state index contributed by atoms with van der Waals surface area (Å²) in [4.78, 5) is 30.4. The third-order valence-electron chi connectivity index (χ3n) is 3.47. The van der Waals surface area contributed by atoms with E-state index in [0.717, 1.165) is 4.47 Å².